The summed E-state index contributed by atoms with van der Waals surface area (Å²) in [6.07, 6.45) is 1.44. The molecule has 6 nitrogen and oxygen atoms in total. The zero-order chi connectivity index (χ0) is 14.3. The molecular formula is C14H14N4O2. The minimum Gasteiger partial charge on any atom is -0.508 e. The fourth-order valence-electron chi connectivity index (χ4n) is 2.55. The first kappa shape index (κ1) is 12.4. The summed E-state index contributed by atoms with van der Waals surface area (Å²) in [5, 5.41) is 16.9. The minimum absolute atomic E-state index is 0.0375. The van der Waals surface area contributed by atoms with Gasteiger partial charge in [0.15, 0.2) is 5.78 Å². The van der Waals surface area contributed by atoms with Crippen LogP contribution in [-0.2, 0) is 4.79 Å². The summed E-state index contributed by atoms with van der Waals surface area (Å²) in [6, 6.07) is 6.46. The highest BCUT2D eigenvalue weighted by Crippen LogP contribution is 2.35. The molecule has 0 saturated heterocycles. The molecule has 6 heteroatoms. The number of carbonyl (C=O) groups excluding carboxylic acids is 1. The van der Waals surface area contributed by atoms with Gasteiger partial charge >= 0.3 is 0 Å². The van der Waals surface area contributed by atoms with Crippen LogP contribution in [0.4, 0.5) is 5.95 Å². The molecule has 2 aromatic rings. The lowest BCUT2D eigenvalue weighted by atomic mass is 9.93. The summed E-state index contributed by atoms with van der Waals surface area (Å²) < 4.78 is 1.65. The van der Waals surface area contributed by atoms with Crippen molar-refractivity contribution in [2.24, 2.45) is 0 Å². The van der Waals surface area contributed by atoms with Crippen LogP contribution >= 0.6 is 0 Å². The number of allylic oxidation sites excluding steroid dienone is 2. The van der Waals surface area contributed by atoms with Crippen LogP contribution in [0.25, 0.3) is 0 Å². The van der Waals surface area contributed by atoms with E-state index in [9.17, 15) is 9.90 Å². The summed E-state index contributed by atoms with van der Waals surface area (Å²) in [4.78, 5) is 16.1. The maximum Gasteiger partial charge on any atom is 0.226 e. The first-order valence-corrected chi connectivity index (χ1v) is 6.25. The number of nitrogens with zero attached hydrogens (tertiary/aromatic N) is 3. The lowest BCUT2D eigenvalue weighted by Gasteiger charge is -2.28. The molecule has 0 saturated carbocycles. The van der Waals surface area contributed by atoms with Crippen molar-refractivity contribution in [2.75, 3.05) is 5.32 Å². The summed E-state index contributed by atoms with van der Waals surface area (Å²) in [5.74, 6) is 0.702. The number of phenols is 1. The van der Waals surface area contributed by atoms with Gasteiger partial charge in [-0.3, -0.25) is 4.79 Å². The Labute approximate surface area is 115 Å². The topological polar surface area (TPSA) is 80.0 Å². The molecule has 0 unspecified atom stereocenters. The van der Waals surface area contributed by atoms with Crippen molar-refractivity contribution in [3.8, 4) is 5.75 Å². The van der Waals surface area contributed by atoms with Crippen molar-refractivity contribution < 1.29 is 9.90 Å². The third-order valence-electron chi connectivity index (χ3n) is 3.36. The van der Waals surface area contributed by atoms with E-state index >= 15 is 0 Å². The number of rotatable bonds is 2. The normalized spacial score (nSPS) is 17.6. The van der Waals surface area contributed by atoms with Gasteiger partial charge in [-0.05, 0) is 31.5 Å². The van der Waals surface area contributed by atoms with Crippen LogP contribution in [0.1, 0.15) is 25.5 Å². The molecule has 1 aliphatic heterocycles. The van der Waals surface area contributed by atoms with Crippen LogP contribution in [0, 0.1) is 0 Å². The number of aromatic nitrogens is 3. The molecule has 20 heavy (non-hydrogen) atoms. The summed E-state index contributed by atoms with van der Waals surface area (Å²) in [7, 11) is 0. The van der Waals surface area contributed by atoms with Crippen molar-refractivity contribution >= 4 is 11.7 Å². The number of Topliss-reactive ketones (excluding diaryl/α,β-unsaturated/α-hetero) is 1. The molecule has 0 bridgehead atoms. The molecule has 1 atom stereocenters. The van der Waals surface area contributed by atoms with Crippen molar-refractivity contribution in [3.63, 3.8) is 0 Å². The second kappa shape index (κ2) is 4.48. The van der Waals surface area contributed by atoms with E-state index < -0.39 is 0 Å². The number of phenolic OH excluding ortho intramolecular Hbond substituents is 1. The molecule has 0 amide bonds. The van der Waals surface area contributed by atoms with E-state index in [4.69, 9.17) is 0 Å². The van der Waals surface area contributed by atoms with Gasteiger partial charge in [-0.2, -0.15) is 10.1 Å². The van der Waals surface area contributed by atoms with Crippen LogP contribution in [-0.4, -0.2) is 25.7 Å². The summed E-state index contributed by atoms with van der Waals surface area (Å²) in [6.45, 7) is 3.36. The zero-order valence-electron chi connectivity index (χ0n) is 11.2. The van der Waals surface area contributed by atoms with Crippen LogP contribution < -0.4 is 5.32 Å². The molecule has 102 valence electrons. The molecule has 0 fully saturated rings. The molecule has 0 spiro atoms. The molecule has 2 heterocycles. The Morgan fingerprint density at radius 2 is 2.25 bits per heavy atom. The zero-order valence-corrected chi connectivity index (χ0v) is 11.2. The quantitative estimate of drug-likeness (QED) is 0.870. The van der Waals surface area contributed by atoms with Gasteiger partial charge in [0.1, 0.15) is 18.1 Å². The van der Waals surface area contributed by atoms with Gasteiger partial charge in [0.25, 0.3) is 0 Å². The number of nitrogens with one attached hydrogen (secondary N) is 1. The van der Waals surface area contributed by atoms with Crippen molar-refractivity contribution in [3.05, 3.63) is 47.4 Å². The molecule has 2 N–H and O–H groups in total. The smallest absolute Gasteiger partial charge is 0.226 e. The molecule has 3 rings (SSSR count). The first-order valence-electron chi connectivity index (χ1n) is 6.25. The lowest BCUT2D eigenvalue weighted by Crippen LogP contribution is -2.27. The van der Waals surface area contributed by atoms with E-state index in [1.165, 1.54) is 13.3 Å². The number of hydrogen-bond acceptors (Lipinski definition) is 5. The number of ketones is 1. The van der Waals surface area contributed by atoms with E-state index in [1.54, 1.807) is 22.9 Å². The van der Waals surface area contributed by atoms with Gasteiger partial charge in [0, 0.05) is 11.3 Å². The van der Waals surface area contributed by atoms with Crippen molar-refractivity contribution in [2.45, 2.75) is 19.9 Å². The van der Waals surface area contributed by atoms with Gasteiger partial charge in [-0.15, -0.1) is 0 Å². The van der Waals surface area contributed by atoms with Crippen LogP contribution in [0.2, 0.25) is 0 Å². The van der Waals surface area contributed by atoms with Gasteiger partial charge < -0.3 is 10.4 Å². The number of aromatic hydroxyl groups is 1. The largest absolute Gasteiger partial charge is 0.508 e. The highest BCUT2D eigenvalue weighted by atomic mass is 16.3. The standard InChI is InChI=1S/C14H14N4O2/c1-8-12(9(2)19)13(10-4-3-5-11(20)6-10)18-14(17-8)15-7-16-18/h3-7,13,20H,1-2H3,(H,15,16,17)/t13-/m1/s1. The van der Waals surface area contributed by atoms with E-state index in [-0.39, 0.29) is 17.6 Å². The Morgan fingerprint density at radius 1 is 1.45 bits per heavy atom. The van der Waals surface area contributed by atoms with Crippen molar-refractivity contribution in [1.82, 2.24) is 14.8 Å². The van der Waals surface area contributed by atoms with Crippen LogP contribution in [0.15, 0.2) is 41.9 Å². The third-order valence-corrected chi connectivity index (χ3v) is 3.36. The molecule has 0 radical (unpaired) electrons. The average Bonchev–Trinajstić information content (AvgIpc) is 2.84. The molecule has 1 aromatic carbocycles. The van der Waals surface area contributed by atoms with E-state index in [2.05, 4.69) is 15.4 Å². The molecular weight excluding hydrogens is 256 g/mol. The van der Waals surface area contributed by atoms with Gasteiger partial charge in [-0.25, -0.2) is 4.68 Å². The SMILES string of the molecule is CC(=O)C1=C(C)Nc2ncnn2[C@@H]1c1cccc(O)c1. The predicted molar refractivity (Wildman–Crippen MR) is 73.3 cm³/mol. The Kier molecular flexibility index (Phi) is 2.78. The Bertz CT molecular complexity index is 717. The third kappa shape index (κ3) is 1.85. The van der Waals surface area contributed by atoms with Crippen LogP contribution in [0.5, 0.6) is 5.75 Å². The Morgan fingerprint density at radius 3 is 2.95 bits per heavy atom. The van der Waals surface area contributed by atoms with E-state index in [1.807, 2.05) is 13.0 Å². The second-order valence-electron chi connectivity index (χ2n) is 4.75. The fourth-order valence-corrected chi connectivity index (χ4v) is 2.55. The Hall–Kier alpha value is -2.63. The highest BCUT2D eigenvalue weighted by Gasteiger charge is 2.31. The number of hydrogen-bond donors (Lipinski definition) is 2. The summed E-state index contributed by atoms with van der Waals surface area (Å²) >= 11 is 0. The average molecular weight is 270 g/mol. The monoisotopic (exact) mass is 270 g/mol. The number of carbonyl (C=O) groups is 1. The molecule has 0 aliphatic carbocycles. The van der Waals surface area contributed by atoms with Crippen LogP contribution in [0.3, 0.4) is 0 Å². The van der Waals surface area contributed by atoms with Gasteiger partial charge in [0.05, 0.1) is 0 Å². The highest BCUT2D eigenvalue weighted by molar-refractivity contribution is 5.96. The fraction of sp³-hybridized carbons (Fsp3) is 0.214. The number of fused-ring (bicyclic) bond motifs is 1. The van der Waals surface area contributed by atoms with Gasteiger partial charge in [-0.1, -0.05) is 12.1 Å². The lowest BCUT2D eigenvalue weighted by molar-refractivity contribution is -0.114. The number of anilines is 1. The minimum atomic E-state index is -0.377. The maximum atomic E-state index is 12.0. The predicted octanol–water partition coefficient (Wildman–Crippen LogP) is 1.86. The van der Waals surface area contributed by atoms with Crippen molar-refractivity contribution in [1.29, 1.82) is 0 Å². The maximum absolute atomic E-state index is 12.0. The van der Waals surface area contributed by atoms with E-state index in [0.29, 0.717) is 11.5 Å². The first-order chi connectivity index (χ1) is 9.58. The Balaban J connectivity index is 2.22. The summed E-state index contributed by atoms with van der Waals surface area (Å²) in [5.41, 5.74) is 2.17. The molecule has 1 aliphatic rings. The molecule has 1 aromatic heterocycles. The number of benzene rings is 1. The van der Waals surface area contributed by atoms with Gasteiger partial charge in [0.2, 0.25) is 5.95 Å². The van der Waals surface area contributed by atoms with E-state index in [0.717, 1.165) is 11.3 Å². The second-order valence-corrected chi connectivity index (χ2v) is 4.75.